The van der Waals surface area contributed by atoms with Gasteiger partial charge in [-0.1, -0.05) is 0 Å². The van der Waals surface area contributed by atoms with Crippen LogP contribution in [0.2, 0.25) is 0 Å². The van der Waals surface area contributed by atoms with Gasteiger partial charge in [0.1, 0.15) is 12.1 Å². The summed E-state index contributed by atoms with van der Waals surface area (Å²) < 4.78 is 0. The molecular weight excluding hydrogens is 142 g/mol. The molecule has 1 aliphatic heterocycles. The van der Waals surface area contributed by atoms with Gasteiger partial charge in [-0.05, 0) is 20.0 Å². The molecular formula is C8H13NO2. The number of carbonyl (C=O) groups is 2. The van der Waals surface area contributed by atoms with Crippen LogP contribution in [0.15, 0.2) is 0 Å². The highest BCUT2D eigenvalue weighted by atomic mass is 16.1. The second kappa shape index (κ2) is 3.62. The summed E-state index contributed by atoms with van der Waals surface area (Å²) in [6.07, 6.45) is 1.71. The van der Waals surface area contributed by atoms with Crippen LogP contribution >= 0.6 is 0 Å². The minimum atomic E-state index is 0.0957. The Hall–Kier alpha value is -0.700. The molecule has 1 unspecified atom stereocenters. The second-order valence-corrected chi connectivity index (χ2v) is 3.08. The van der Waals surface area contributed by atoms with Crippen molar-refractivity contribution in [3.63, 3.8) is 0 Å². The third-order valence-corrected chi connectivity index (χ3v) is 2.13. The van der Waals surface area contributed by atoms with Crippen molar-refractivity contribution in [1.29, 1.82) is 0 Å². The van der Waals surface area contributed by atoms with E-state index in [4.69, 9.17) is 0 Å². The van der Waals surface area contributed by atoms with E-state index in [0.717, 1.165) is 19.5 Å². The van der Waals surface area contributed by atoms with Gasteiger partial charge >= 0.3 is 0 Å². The van der Waals surface area contributed by atoms with E-state index in [9.17, 15) is 9.59 Å². The van der Waals surface area contributed by atoms with Crippen molar-refractivity contribution >= 4 is 12.1 Å². The van der Waals surface area contributed by atoms with Crippen LogP contribution in [0.5, 0.6) is 0 Å². The number of hydrogen-bond acceptors (Lipinski definition) is 3. The maximum absolute atomic E-state index is 11.1. The molecule has 0 radical (unpaired) electrons. The van der Waals surface area contributed by atoms with E-state index >= 15 is 0 Å². The molecule has 1 heterocycles. The number of rotatable bonds is 3. The van der Waals surface area contributed by atoms with Crippen LogP contribution in [-0.2, 0) is 9.59 Å². The van der Waals surface area contributed by atoms with Gasteiger partial charge in [0.15, 0.2) is 0 Å². The van der Waals surface area contributed by atoms with Crippen molar-refractivity contribution in [3.05, 3.63) is 0 Å². The van der Waals surface area contributed by atoms with Gasteiger partial charge in [-0.25, -0.2) is 0 Å². The van der Waals surface area contributed by atoms with Gasteiger partial charge in [-0.3, -0.25) is 4.79 Å². The second-order valence-electron chi connectivity index (χ2n) is 3.08. The zero-order valence-electron chi connectivity index (χ0n) is 6.75. The number of Topliss-reactive ketones (excluding diaryl/α,β-unsaturated/α-hetero) is 1. The number of likely N-dealkylation sites (tertiary alicyclic amines) is 1. The lowest BCUT2D eigenvalue weighted by Crippen LogP contribution is -2.19. The lowest BCUT2D eigenvalue weighted by atomic mass is 10.0. The molecule has 0 aromatic carbocycles. The van der Waals surface area contributed by atoms with Crippen LogP contribution in [0.25, 0.3) is 0 Å². The first-order valence-corrected chi connectivity index (χ1v) is 3.89. The fraction of sp³-hybridized carbons (Fsp3) is 0.750. The lowest BCUT2D eigenvalue weighted by molar-refractivity contribution is -0.125. The molecule has 1 rings (SSSR count). The zero-order valence-corrected chi connectivity index (χ0v) is 6.75. The summed E-state index contributed by atoms with van der Waals surface area (Å²) in [5.41, 5.74) is 0. The largest absolute Gasteiger partial charge is 0.306 e. The van der Waals surface area contributed by atoms with Crippen molar-refractivity contribution in [1.82, 2.24) is 4.90 Å². The van der Waals surface area contributed by atoms with Crippen molar-refractivity contribution in [2.45, 2.75) is 12.8 Å². The van der Waals surface area contributed by atoms with Gasteiger partial charge < -0.3 is 9.69 Å². The van der Waals surface area contributed by atoms with Crippen molar-refractivity contribution in [2.24, 2.45) is 5.92 Å². The van der Waals surface area contributed by atoms with E-state index in [0.29, 0.717) is 6.29 Å². The smallest absolute Gasteiger partial charge is 0.144 e. The molecule has 3 heteroatoms. The quantitative estimate of drug-likeness (QED) is 0.428. The Kier molecular flexibility index (Phi) is 2.76. The average molecular weight is 155 g/mol. The van der Waals surface area contributed by atoms with Gasteiger partial charge in [0.05, 0.1) is 6.42 Å². The molecule has 0 bridgehead atoms. The molecule has 1 aliphatic rings. The Bertz CT molecular complexity index is 167. The van der Waals surface area contributed by atoms with Gasteiger partial charge in [-0.15, -0.1) is 0 Å². The van der Waals surface area contributed by atoms with Gasteiger partial charge in [0, 0.05) is 12.5 Å². The molecule has 0 spiro atoms. The standard InChI is InChI=1S/C8H13NO2/c1-9-4-2-7(6-9)8(11)3-5-10/h5,7H,2-4,6H2,1H3. The predicted molar refractivity (Wildman–Crippen MR) is 41.3 cm³/mol. The Labute approximate surface area is 66.4 Å². The van der Waals surface area contributed by atoms with E-state index in [1.54, 1.807) is 0 Å². The van der Waals surface area contributed by atoms with Gasteiger partial charge in [-0.2, -0.15) is 0 Å². The van der Waals surface area contributed by atoms with Crippen LogP contribution in [0, 0.1) is 5.92 Å². The average Bonchev–Trinajstić information content (AvgIpc) is 2.36. The molecule has 62 valence electrons. The van der Waals surface area contributed by atoms with Crippen molar-refractivity contribution in [3.8, 4) is 0 Å². The molecule has 0 saturated carbocycles. The first-order valence-electron chi connectivity index (χ1n) is 3.89. The highest BCUT2D eigenvalue weighted by molar-refractivity contribution is 5.91. The topological polar surface area (TPSA) is 37.4 Å². The number of ketones is 1. The van der Waals surface area contributed by atoms with E-state index in [2.05, 4.69) is 4.90 Å². The monoisotopic (exact) mass is 155 g/mol. The third-order valence-electron chi connectivity index (χ3n) is 2.13. The van der Waals surface area contributed by atoms with E-state index < -0.39 is 0 Å². The highest BCUT2D eigenvalue weighted by Gasteiger charge is 2.24. The lowest BCUT2D eigenvalue weighted by Gasteiger charge is -2.06. The summed E-state index contributed by atoms with van der Waals surface area (Å²) >= 11 is 0. The summed E-state index contributed by atoms with van der Waals surface area (Å²) in [5.74, 6) is 0.217. The molecule has 1 saturated heterocycles. The SMILES string of the molecule is CN1CCC(C(=O)CC=O)C1. The molecule has 1 atom stereocenters. The minimum Gasteiger partial charge on any atom is -0.306 e. The zero-order chi connectivity index (χ0) is 8.27. The molecule has 11 heavy (non-hydrogen) atoms. The molecule has 0 N–H and O–H groups in total. The van der Waals surface area contributed by atoms with E-state index in [1.807, 2.05) is 7.05 Å². The minimum absolute atomic E-state index is 0.0957. The summed E-state index contributed by atoms with van der Waals surface area (Å²) in [6.45, 7) is 1.81. The fourth-order valence-electron chi connectivity index (χ4n) is 1.45. The molecule has 0 aromatic heterocycles. The summed E-state index contributed by atoms with van der Waals surface area (Å²) in [6, 6.07) is 0. The van der Waals surface area contributed by atoms with Crippen molar-refractivity contribution in [2.75, 3.05) is 20.1 Å². The Balaban J connectivity index is 2.36. The molecule has 0 aromatic rings. The Morgan fingerprint density at radius 2 is 2.45 bits per heavy atom. The summed E-state index contributed by atoms with van der Waals surface area (Å²) in [5, 5.41) is 0. The Morgan fingerprint density at radius 1 is 1.73 bits per heavy atom. The maximum Gasteiger partial charge on any atom is 0.144 e. The summed E-state index contributed by atoms with van der Waals surface area (Å²) in [7, 11) is 1.99. The van der Waals surface area contributed by atoms with Gasteiger partial charge in [0.25, 0.3) is 0 Å². The van der Waals surface area contributed by atoms with Crippen LogP contribution in [0.4, 0.5) is 0 Å². The van der Waals surface area contributed by atoms with Crippen LogP contribution in [0.1, 0.15) is 12.8 Å². The molecule has 3 nitrogen and oxygen atoms in total. The Morgan fingerprint density at radius 3 is 2.91 bits per heavy atom. The predicted octanol–water partition coefficient (Wildman–Crippen LogP) is 0.0962. The fourth-order valence-corrected chi connectivity index (χ4v) is 1.45. The normalized spacial score (nSPS) is 25.4. The third kappa shape index (κ3) is 2.12. The first-order chi connectivity index (χ1) is 5.24. The number of nitrogens with zero attached hydrogens (tertiary/aromatic N) is 1. The number of carbonyl (C=O) groups excluding carboxylic acids is 2. The number of aldehydes is 1. The highest BCUT2D eigenvalue weighted by Crippen LogP contribution is 2.15. The number of hydrogen-bond donors (Lipinski definition) is 0. The molecule has 0 amide bonds. The summed E-state index contributed by atoms with van der Waals surface area (Å²) in [4.78, 5) is 23.3. The van der Waals surface area contributed by atoms with Gasteiger partial charge in [0.2, 0.25) is 0 Å². The van der Waals surface area contributed by atoms with Crippen molar-refractivity contribution < 1.29 is 9.59 Å². The maximum atomic E-state index is 11.1. The van der Waals surface area contributed by atoms with E-state index in [1.165, 1.54) is 0 Å². The van der Waals surface area contributed by atoms with E-state index in [-0.39, 0.29) is 18.1 Å². The van der Waals surface area contributed by atoms with Crippen LogP contribution in [-0.4, -0.2) is 37.1 Å². The molecule has 0 aliphatic carbocycles. The molecule has 1 fully saturated rings. The first kappa shape index (κ1) is 8.40. The van der Waals surface area contributed by atoms with Crippen LogP contribution < -0.4 is 0 Å². The van der Waals surface area contributed by atoms with Crippen LogP contribution in [0.3, 0.4) is 0 Å².